The van der Waals surface area contributed by atoms with E-state index in [9.17, 15) is 0 Å². The molecule has 0 saturated carbocycles. The molecule has 3 rings (SSSR count). The number of aryl methyl sites for hydroxylation is 4. The third-order valence-corrected chi connectivity index (χ3v) is 3.57. The standard InChI is InChI=1S/C16H18N4O/c1-9-5-10(2)13(11(3)6-9)8-15-17-16(21-20-15)14-7-12(4)18-19-14/h5-7H,8H2,1-4H3,(H,18,19). The van der Waals surface area contributed by atoms with Gasteiger partial charge in [0.05, 0.1) is 0 Å². The predicted octanol–water partition coefficient (Wildman–Crippen LogP) is 3.28. The highest BCUT2D eigenvalue weighted by molar-refractivity contribution is 5.47. The minimum Gasteiger partial charge on any atom is -0.332 e. The van der Waals surface area contributed by atoms with Crippen molar-refractivity contribution in [2.24, 2.45) is 0 Å². The Kier molecular flexibility index (Phi) is 3.33. The first-order valence-corrected chi connectivity index (χ1v) is 6.94. The molecule has 108 valence electrons. The highest BCUT2D eigenvalue weighted by atomic mass is 16.5. The Morgan fingerprint density at radius 3 is 2.38 bits per heavy atom. The number of hydrogen-bond acceptors (Lipinski definition) is 4. The molecule has 0 saturated heterocycles. The first-order chi connectivity index (χ1) is 10.0. The molecule has 3 aromatic rings. The average Bonchev–Trinajstić information content (AvgIpc) is 3.02. The number of rotatable bonds is 3. The molecule has 0 unspecified atom stereocenters. The lowest BCUT2D eigenvalue weighted by atomic mass is 9.97. The minimum atomic E-state index is 0.455. The van der Waals surface area contributed by atoms with Crippen LogP contribution in [-0.4, -0.2) is 20.3 Å². The van der Waals surface area contributed by atoms with Gasteiger partial charge in [-0.25, -0.2) is 0 Å². The van der Waals surface area contributed by atoms with Crippen molar-refractivity contribution in [3.05, 3.63) is 52.0 Å². The molecule has 5 nitrogen and oxygen atoms in total. The van der Waals surface area contributed by atoms with E-state index in [0.29, 0.717) is 23.8 Å². The van der Waals surface area contributed by atoms with Crippen LogP contribution in [0.3, 0.4) is 0 Å². The van der Waals surface area contributed by atoms with Gasteiger partial charge in [-0.15, -0.1) is 0 Å². The second-order valence-electron chi connectivity index (χ2n) is 5.51. The Bertz CT molecular complexity index is 762. The summed E-state index contributed by atoms with van der Waals surface area (Å²) in [6.45, 7) is 8.28. The van der Waals surface area contributed by atoms with Crippen LogP contribution in [0.2, 0.25) is 0 Å². The molecule has 1 aromatic carbocycles. The fourth-order valence-electron chi connectivity index (χ4n) is 2.60. The van der Waals surface area contributed by atoms with Crippen LogP contribution in [0, 0.1) is 27.7 Å². The number of hydrogen-bond donors (Lipinski definition) is 1. The van der Waals surface area contributed by atoms with E-state index < -0.39 is 0 Å². The molecule has 0 spiro atoms. The third kappa shape index (κ3) is 2.72. The maximum absolute atomic E-state index is 5.30. The summed E-state index contributed by atoms with van der Waals surface area (Å²) in [6.07, 6.45) is 0.671. The predicted molar refractivity (Wildman–Crippen MR) is 80.1 cm³/mol. The first-order valence-electron chi connectivity index (χ1n) is 6.94. The van der Waals surface area contributed by atoms with E-state index in [2.05, 4.69) is 53.2 Å². The van der Waals surface area contributed by atoms with Crippen molar-refractivity contribution in [3.8, 4) is 11.6 Å². The van der Waals surface area contributed by atoms with Gasteiger partial charge in [-0.3, -0.25) is 5.10 Å². The summed E-state index contributed by atoms with van der Waals surface area (Å²) in [5.74, 6) is 1.14. The molecule has 1 N–H and O–H groups in total. The van der Waals surface area contributed by atoms with Crippen molar-refractivity contribution in [1.82, 2.24) is 20.3 Å². The molecule has 0 bridgehead atoms. The Balaban J connectivity index is 1.88. The summed E-state index contributed by atoms with van der Waals surface area (Å²) in [5.41, 5.74) is 6.70. The number of benzene rings is 1. The van der Waals surface area contributed by atoms with Crippen molar-refractivity contribution in [1.29, 1.82) is 0 Å². The maximum atomic E-state index is 5.30. The summed E-state index contributed by atoms with van der Waals surface area (Å²) in [6, 6.07) is 6.25. The van der Waals surface area contributed by atoms with Gasteiger partial charge >= 0.3 is 0 Å². The van der Waals surface area contributed by atoms with E-state index in [1.54, 1.807) is 0 Å². The Morgan fingerprint density at radius 2 is 1.76 bits per heavy atom. The summed E-state index contributed by atoms with van der Waals surface area (Å²) in [7, 11) is 0. The van der Waals surface area contributed by atoms with Crippen molar-refractivity contribution in [3.63, 3.8) is 0 Å². The van der Waals surface area contributed by atoms with Gasteiger partial charge in [0.25, 0.3) is 5.89 Å². The van der Waals surface area contributed by atoms with Gasteiger partial charge in [-0.05, 0) is 50.5 Å². The highest BCUT2D eigenvalue weighted by Crippen LogP contribution is 2.21. The summed E-state index contributed by atoms with van der Waals surface area (Å²) < 4.78 is 5.30. The number of H-pyrrole nitrogens is 1. The van der Waals surface area contributed by atoms with E-state index in [4.69, 9.17) is 4.52 Å². The maximum Gasteiger partial charge on any atom is 0.278 e. The van der Waals surface area contributed by atoms with E-state index in [0.717, 1.165) is 5.69 Å². The number of nitrogens with zero attached hydrogens (tertiary/aromatic N) is 3. The largest absolute Gasteiger partial charge is 0.332 e. The molecule has 0 fully saturated rings. The second-order valence-corrected chi connectivity index (χ2v) is 5.51. The van der Waals surface area contributed by atoms with Crippen molar-refractivity contribution in [2.75, 3.05) is 0 Å². The number of nitrogens with one attached hydrogen (secondary N) is 1. The highest BCUT2D eigenvalue weighted by Gasteiger charge is 2.13. The zero-order chi connectivity index (χ0) is 15.0. The zero-order valence-corrected chi connectivity index (χ0v) is 12.7. The molecular formula is C16H18N4O. The van der Waals surface area contributed by atoms with E-state index in [1.807, 2.05) is 13.0 Å². The van der Waals surface area contributed by atoms with E-state index in [-0.39, 0.29) is 0 Å². The Morgan fingerprint density at radius 1 is 1.05 bits per heavy atom. The lowest BCUT2D eigenvalue weighted by Gasteiger charge is -2.08. The Labute approximate surface area is 123 Å². The molecule has 0 amide bonds. The quantitative estimate of drug-likeness (QED) is 0.800. The molecular weight excluding hydrogens is 264 g/mol. The van der Waals surface area contributed by atoms with Gasteiger partial charge in [-0.1, -0.05) is 22.9 Å². The second kappa shape index (κ2) is 5.16. The normalized spacial score (nSPS) is 11.0. The minimum absolute atomic E-state index is 0.455. The fraction of sp³-hybridized carbons (Fsp3) is 0.312. The van der Waals surface area contributed by atoms with Crippen LogP contribution in [0.1, 0.15) is 33.8 Å². The number of aromatic amines is 1. The van der Waals surface area contributed by atoms with Crippen LogP contribution in [0.5, 0.6) is 0 Å². The topological polar surface area (TPSA) is 67.6 Å². The average molecular weight is 282 g/mol. The summed E-state index contributed by atoms with van der Waals surface area (Å²) in [5, 5.41) is 11.1. The van der Waals surface area contributed by atoms with Crippen molar-refractivity contribution < 1.29 is 4.52 Å². The lowest BCUT2D eigenvalue weighted by molar-refractivity contribution is 0.422. The van der Waals surface area contributed by atoms with Crippen molar-refractivity contribution in [2.45, 2.75) is 34.1 Å². The van der Waals surface area contributed by atoms with Gasteiger partial charge < -0.3 is 4.52 Å². The molecule has 2 heterocycles. The fourth-order valence-corrected chi connectivity index (χ4v) is 2.60. The first kappa shape index (κ1) is 13.5. The summed E-state index contributed by atoms with van der Waals surface area (Å²) in [4.78, 5) is 4.43. The van der Waals surface area contributed by atoms with Crippen LogP contribution in [-0.2, 0) is 6.42 Å². The molecule has 21 heavy (non-hydrogen) atoms. The van der Waals surface area contributed by atoms with Crippen LogP contribution < -0.4 is 0 Å². The SMILES string of the molecule is Cc1cc(C)c(Cc2noc(-c3cc(C)[nH]n3)n2)c(C)c1. The zero-order valence-electron chi connectivity index (χ0n) is 12.7. The Hall–Kier alpha value is -2.43. The molecule has 2 aromatic heterocycles. The van der Waals surface area contributed by atoms with Gasteiger partial charge in [-0.2, -0.15) is 10.1 Å². The molecule has 0 aliphatic carbocycles. The van der Waals surface area contributed by atoms with Gasteiger partial charge in [0.1, 0.15) is 0 Å². The molecule has 0 aliphatic rings. The van der Waals surface area contributed by atoms with Crippen LogP contribution >= 0.6 is 0 Å². The van der Waals surface area contributed by atoms with Gasteiger partial charge in [0.15, 0.2) is 11.5 Å². The number of aromatic nitrogens is 4. The molecule has 0 radical (unpaired) electrons. The summed E-state index contributed by atoms with van der Waals surface area (Å²) >= 11 is 0. The lowest BCUT2D eigenvalue weighted by Crippen LogP contribution is -1.98. The smallest absolute Gasteiger partial charge is 0.278 e. The third-order valence-electron chi connectivity index (χ3n) is 3.57. The van der Waals surface area contributed by atoms with E-state index >= 15 is 0 Å². The van der Waals surface area contributed by atoms with Gasteiger partial charge in [0, 0.05) is 12.1 Å². The van der Waals surface area contributed by atoms with Gasteiger partial charge in [0.2, 0.25) is 0 Å². The molecule has 0 atom stereocenters. The van der Waals surface area contributed by atoms with Crippen LogP contribution in [0.4, 0.5) is 0 Å². The molecule has 5 heteroatoms. The van der Waals surface area contributed by atoms with Crippen molar-refractivity contribution >= 4 is 0 Å². The molecule has 0 aliphatic heterocycles. The van der Waals surface area contributed by atoms with E-state index in [1.165, 1.54) is 22.3 Å². The van der Waals surface area contributed by atoms with Crippen LogP contribution in [0.25, 0.3) is 11.6 Å². The monoisotopic (exact) mass is 282 g/mol. The van der Waals surface area contributed by atoms with Crippen LogP contribution in [0.15, 0.2) is 22.7 Å².